The van der Waals surface area contributed by atoms with Crippen molar-refractivity contribution in [2.24, 2.45) is 5.92 Å². The van der Waals surface area contributed by atoms with Crippen molar-refractivity contribution in [3.63, 3.8) is 0 Å². The molecule has 0 radical (unpaired) electrons. The van der Waals surface area contributed by atoms with E-state index < -0.39 is 0 Å². The van der Waals surface area contributed by atoms with Gasteiger partial charge in [-0.05, 0) is 24.6 Å². The Morgan fingerprint density at radius 2 is 2.16 bits per heavy atom. The average Bonchev–Trinajstić information content (AvgIpc) is 3.24. The summed E-state index contributed by atoms with van der Waals surface area (Å²) in [5.74, 6) is 6.90. The van der Waals surface area contributed by atoms with Crippen LogP contribution >= 0.6 is 11.6 Å². The number of nitrogens with zero attached hydrogens (tertiary/aromatic N) is 4. The monoisotopic (exact) mass is 355 g/mol. The molecule has 0 bridgehead atoms. The van der Waals surface area contributed by atoms with Crippen molar-refractivity contribution < 1.29 is 4.79 Å². The molecule has 1 aromatic carbocycles. The number of nitrogens with one attached hydrogen (secondary N) is 1. The number of carbonyl (C=O) groups excluding carboxylic acids is 1. The number of aromatic amines is 1. The lowest BCUT2D eigenvalue weighted by atomic mass is 10.0. The zero-order valence-electron chi connectivity index (χ0n) is 13.7. The Morgan fingerprint density at radius 3 is 2.92 bits per heavy atom. The molecule has 7 heteroatoms. The second-order valence-electron chi connectivity index (χ2n) is 6.51. The molecule has 2 amide bonds. The first-order valence-electron chi connectivity index (χ1n) is 8.36. The van der Waals surface area contributed by atoms with Crippen molar-refractivity contribution in [1.29, 1.82) is 0 Å². The van der Waals surface area contributed by atoms with Crippen LogP contribution in [0.3, 0.4) is 0 Å². The van der Waals surface area contributed by atoms with Gasteiger partial charge in [-0.3, -0.25) is 5.10 Å². The van der Waals surface area contributed by atoms with Crippen LogP contribution in [0.4, 0.5) is 4.79 Å². The predicted octanol–water partition coefficient (Wildman–Crippen LogP) is 2.35. The summed E-state index contributed by atoms with van der Waals surface area (Å²) >= 11 is 5.96. The molecule has 2 fully saturated rings. The summed E-state index contributed by atoms with van der Waals surface area (Å²) in [6.07, 6.45) is 2.69. The molecule has 6 nitrogen and oxygen atoms in total. The zero-order valence-corrected chi connectivity index (χ0v) is 14.4. The molecule has 1 N–H and O–H groups in total. The van der Waals surface area contributed by atoms with Gasteiger partial charge in [-0.25, -0.2) is 4.79 Å². The van der Waals surface area contributed by atoms with Gasteiger partial charge in [0, 0.05) is 42.7 Å². The number of urea groups is 1. The molecule has 2 aromatic rings. The second-order valence-corrected chi connectivity index (χ2v) is 6.94. The van der Waals surface area contributed by atoms with Crippen LogP contribution in [-0.2, 0) is 0 Å². The van der Waals surface area contributed by atoms with Crippen LogP contribution in [0, 0.1) is 17.8 Å². The van der Waals surface area contributed by atoms with E-state index >= 15 is 0 Å². The lowest BCUT2D eigenvalue weighted by Gasteiger charge is -2.38. The van der Waals surface area contributed by atoms with Crippen LogP contribution in [0.1, 0.15) is 23.6 Å². The van der Waals surface area contributed by atoms with Gasteiger partial charge in [-0.15, -0.1) is 5.10 Å². The highest BCUT2D eigenvalue weighted by Crippen LogP contribution is 2.27. The Kier molecular flexibility index (Phi) is 4.33. The topological polar surface area (TPSA) is 65.1 Å². The van der Waals surface area contributed by atoms with Gasteiger partial charge in [0.2, 0.25) is 0 Å². The van der Waals surface area contributed by atoms with E-state index in [0.29, 0.717) is 24.0 Å². The highest BCUT2D eigenvalue weighted by molar-refractivity contribution is 6.30. The van der Waals surface area contributed by atoms with Gasteiger partial charge in [-0.2, -0.15) is 0 Å². The minimum atomic E-state index is 0.107. The van der Waals surface area contributed by atoms with Crippen molar-refractivity contribution in [2.75, 3.05) is 26.2 Å². The molecule has 1 aromatic heterocycles. The van der Waals surface area contributed by atoms with Gasteiger partial charge in [0.1, 0.15) is 0 Å². The zero-order chi connectivity index (χ0) is 17.2. The van der Waals surface area contributed by atoms with E-state index in [1.165, 1.54) is 0 Å². The van der Waals surface area contributed by atoms with Gasteiger partial charge in [-0.1, -0.05) is 34.7 Å². The number of rotatable bonds is 1. The number of hydrogen-bond acceptors (Lipinski definition) is 3. The van der Waals surface area contributed by atoms with Crippen molar-refractivity contribution in [3.8, 4) is 11.8 Å². The van der Waals surface area contributed by atoms with Gasteiger partial charge < -0.3 is 9.80 Å². The Balaban J connectivity index is 1.29. The summed E-state index contributed by atoms with van der Waals surface area (Å²) in [6, 6.07) is 7.62. The normalized spacial score (nSPS) is 20.1. The standard InChI is InChI=1S/C18H18ClN5O/c19-16-3-1-2-13(8-16)4-5-14-10-24(11-14)18(25)23-7-6-15(12-23)17-9-20-22-21-17/h1-3,8-9,14-15H,6-7,10-12H2,(H,20,21,22)/t15-/m1/s1. The number of halogens is 1. The maximum absolute atomic E-state index is 12.6. The minimum Gasteiger partial charge on any atom is -0.324 e. The van der Waals surface area contributed by atoms with Crippen molar-refractivity contribution >= 4 is 17.6 Å². The third-order valence-electron chi connectivity index (χ3n) is 4.73. The minimum absolute atomic E-state index is 0.107. The van der Waals surface area contributed by atoms with Crippen LogP contribution in [0.15, 0.2) is 30.5 Å². The lowest BCUT2D eigenvalue weighted by Crippen LogP contribution is -2.54. The van der Waals surface area contributed by atoms with Gasteiger partial charge in [0.15, 0.2) is 0 Å². The number of likely N-dealkylation sites (tertiary alicyclic amines) is 2. The fraction of sp³-hybridized carbons (Fsp3) is 0.389. The summed E-state index contributed by atoms with van der Waals surface area (Å²) in [7, 11) is 0. The molecular weight excluding hydrogens is 338 g/mol. The van der Waals surface area contributed by atoms with Crippen LogP contribution in [-0.4, -0.2) is 57.4 Å². The molecular formula is C18H18ClN5O. The SMILES string of the molecule is O=C(N1CC(C#Cc2cccc(Cl)c2)C1)N1CC[C@@H](c2cnn[nH]2)C1. The number of aromatic nitrogens is 3. The molecule has 3 heterocycles. The average molecular weight is 356 g/mol. The summed E-state index contributed by atoms with van der Waals surface area (Å²) in [4.78, 5) is 16.3. The second kappa shape index (κ2) is 6.77. The van der Waals surface area contributed by atoms with Crippen LogP contribution in [0.2, 0.25) is 5.02 Å². The number of amides is 2. The quantitative estimate of drug-likeness (QED) is 0.798. The fourth-order valence-electron chi connectivity index (χ4n) is 3.27. The van der Waals surface area contributed by atoms with Crippen LogP contribution < -0.4 is 0 Å². The molecule has 2 aliphatic heterocycles. The van der Waals surface area contributed by atoms with E-state index in [9.17, 15) is 4.79 Å². The maximum atomic E-state index is 12.6. The highest BCUT2D eigenvalue weighted by atomic mass is 35.5. The Morgan fingerprint density at radius 1 is 1.28 bits per heavy atom. The Hall–Kier alpha value is -2.52. The fourth-order valence-corrected chi connectivity index (χ4v) is 3.46. The summed E-state index contributed by atoms with van der Waals surface area (Å²) in [6.45, 7) is 2.88. The molecule has 0 spiro atoms. The molecule has 25 heavy (non-hydrogen) atoms. The predicted molar refractivity (Wildman–Crippen MR) is 94.1 cm³/mol. The summed E-state index contributed by atoms with van der Waals surface area (Å²) < 4.78 is 0. The first kappa shape index (κ1) is 16.0. The number of hydrogen-bond donors (Lipinski definition) is 1. The molecule has 0 unspecified atom stereocenters. The first-order chi connectivity index (χ1) is 12.2. The number of H-pyrrole nitrogens is 1. The molecule has 4 rings (SSSR count). The highest BCUT2D eigenvalue weighted by Gasteiger charge is 2.36. The number of benzene rings is 1. The Bertz CT molecular complexity index is 819. The molecule has 0 saturated carbocycles. The van der Waals surface area contributed by atoms with E-state index in [2.05, 4.69) is 27.3 Å². The van der Waals surface area contributed by atoms with E-state index in [0.717, 1.165) is 30.8 Å². The largest absolute Gasteiger partial charge is 0.324 e. The first-order valence-corrected chi connectivity index (χ1v) is 8.74. The van der Waals surface area contributed by atoms with Gasteiger partial charge in [0.05, 0.1) is 17.8 Å². The molecule has 2 aliphatic rings. The van der Waals surface area contributed by atoms with E-state index in [1.54, 1.807) is 6.20 Å². The van der Waals surface area contributed by atoms with Crippen LogP contribution in [0.25, 0.3) is 0 Å². The van der Waals surface area contributed by atoms with Crippen molar-refractivity contribution in [1.82, 2.24) is 25.2 Å². The summed E-state index contributed by atoms with van der Waals surface area (Å²) in [5, 5.41) is 11.2. The lowest BCUT2D eigenvalue weighted by molar-refractivity contribution is 0.115. The Labute approximate surface area is 151 Å². The van der Waals surface area contributed by atoms with Gasteiger partial charge in [0.25, 0.3) is 0 Å². The van der Waals surface area contributed by atoms with Crippen LogP contribution in [0.5, 0.6) is 0 Å². The molecule has 2 saturated heterocycles. The molecule has 1 atom stereocenters. The van der Waals surface area contributed by atoms with Crippen molar-refractivity contribution in [3.05, 3.63) is 46.7 Å². The third-order valence-corrected chi connectivity index (χ3v) is 4.96. The van der Waals surface area contributed by atoms with E-state index in [4.69, 9.17) is 11.6 Å². The van der Waals surface area contributed by atoms with E-state index in [1.807, 2.05) is 34.1 Å². The van der Waals surface area contributed by atoms with E-state index in [-0.39, 0.29) is 11.9 Å². The smallest absolute Gasteiger partial charge is 0.320 e. The molecule has 128 valence electrons. The summed E-state index contributed by atoms with van der Waals surface area (Å²) in [5.41, 5.74) is 1.91. The van der Waals surface area contributed by atoms with Gasteiger partial charge >= 0.3 is 6.03 Å². The number of carbonyl (C=O) groups is 1. The molecule has 0 aliphatic carbocycles. The maximum Gasteiger partial charge on any atom is 0.320 e. The third kappa shape index (κ3) is 3.47. The van der Waals surface area contributed by atoms with Crippen molar-refractivity contribution in [2.45, 2.75) is 12.3 Å².